The number of hydrogen-bond acceptors (Lipinski definition) is 5. The molecule has 158 valence electrons. The van der Waals surface area contributed by atoms with Crippen molar-refractivity contribution >= 4 is 17.6 Å². The van der Waals surface area contributed by atoms with Gasteiger partial charge in [-0.2, -0.15) is 0 Å². The molecule has 0 unspecified atom stereocenters. The lowest BCUT2D eigenvalue weighted by atomic mass is 10.2. The molecule has 0 saturated carbocycles. The van der Waals surface area contributed by atoms with Gasteiger partial charge >= 0.3 is 6.03 Å². The molecule has 2 aliphatic heterocycles. The number of ether oxygens (including phenoxy) is 1. The fourth-order valence-corrected chi connectivity index (χ4v) is 3.70. The molecule has 3 amide bonds. The summed E-state index contributed by atoms with van der Waals surface area (Å²) in [5.74, 6) is -0.0997. The number of morpholine rings is 1. The fraction of sp³-hybridized carbons (Fsp3) is 0.409. The number of anilines is 1. The molecular weight excluding hydrogens is 382 g/mol. The zero-order valence-electron chi connectivity index (χ0n) is 17.0. The third-order valence-corrected chi connectivity index (χ3v) is 5.45. The van der Waals surface area contributed by atoms with Crippen LogP contribution in [-0.2, 0) is 17.8 Å². The van der Waals surface area contributed by atoms with Gasteiger partial charge in [0.15, 0.2) is 0 Å². The van der Waals surface area contributed by atoms with Crippen molar-refractivity contribution in [1.82, 2.24) is 20.1 Å². The maximum atomic E-state index is 12.5. The van der Waals surface area contributed by atoms with Gasteiger partial charge in [0.2, 0.25) is 0 Å². The number of fused-ring (bicyclic) bond motifs is 1. The largest absolute Gasteiger partial charge is 0.379 e. The van der Waals surface area contributed by atoms with Gasteiger partial charge in [0.1, 0.15) is 0 Å². The number of aromatic nitrogens is 1. The Labute approximate surface area is 176 Å². The summed E-state index contributed by atoms with van der Waals surface area (Å²) in [5, 5.41) is 5.85. The van der Waals surface area contributed by atoms with Crippen LogP contribution in [-0.4, -0.2) is 66.1 Å². The van der Waals surface area contributed by atoms with Gasteiger partial charge in [-0.25, -0.2) is 4.79 Å². The number of nitrogens with one attached hydrogen (secondary N) is 2. The number of amides is 3. The summed E-state index contributed by atoms with van der Waals surface area (Å²) in [6.45, 7) is 6.23. The van der Waals surface area contributed by atoms with Crippen LogP contribution in [0.3, 0.4) is 0 Å². The van der Waals surface area contributed by atoms with Gasteiger partial charge < -0.3 is 20.3 Å². The van der Waals surface area contributed by atoms with E-state index >= 15 is 0 Å². The number of pyridine rings is 1. The van der Waals surface area contributed by atoms with E-state index in [1.807, 2.05) is 6.07 Å². The predicted molar refractivity (Wildman–Crippen MR) is 113 cm³/mol. The molecule has 1 aromatic heterocycles. The second kappa shape index (κ2) is 9.69. The van der Waals surface area contributed by atoms with Crippen LogP contribution in [0.15, 0.2) is 42.7 Å². The fourth-order valence-electron chi connectivity index (χ4n) is 3.70. The average molecular weight is 409 g/mol. The van der Waals surface area contributed by atoms with Crippen LogP contribution in [0.25, 0.3) is 0 Å². The highest BCUT2D eigenvalue weighted by Gasteiger charge is 2.23. The summed E-state index contributed by atoms with van der Waals surface area (Å²) >= 11 is 0. The van der Waals surface area contributed by atoms with E-state index in [-0.39, 0.29) is 11.9 Å². The van der Waals surface area contributed by atoms with Crippen LogP contribution in [0.5, 0.6) is 0 Å². The molecule has 0 aliphatic carbocycles. The Hall–Kier alpha value is -2.97. The van der Waals surface area contributed by atoms with Crippen molar-refractivity contribution in [3.8, 4) is 0 Å². The molecule has 8 heteroatoms. The van der Waals surface area contributed by atoms with E-state index in [4.69, 9.17) is 4.74 Å². The molecular formula is C22H27N5O3. The van der Waals surface area contributed by atoms with Gasteiger partial charge in [0.05, 0.1) is 13.2 Å². The van der Waals surface area contributed by atoms with Crippen molar-refractivity contribution in [2.24, 2.45) is 0 Å². The molecule has 0 atom stereocenters. The molecule has 2 aromatic rings. The highest BCUT2D eigenvalue weighted by atomic mass is 16.5. The summed E-state index contributed by atoms with van der Waals surface area (Å²) in [4.78, 5) is 33.0. The summed E-state index contributed by atoms with van der Waals surface area (Å²) in [6, 6.07) is 8.75. The minimum absolute atomic E-state index is 0.0997. The lowest BCUT2D eigenvalue weighted by Gasteiger charge is -2.26. The van der Waals surface area contributed by atoms with E-state index in [0.29, 0.717) is 30.9 Å². The van der Waals surface area contributed by atoms with E-state index < -0.39 is 0 Å². The van der Waals surface area contributed by atoms with E-state index in [1.165, 1.54) is 0 Å². The molecule has 2 N–H and O–H groups in total. The average Bonchev–Trinajstić information content (AvgIpc) is 3.22. The maximum Gasteiger partial charge on any atom is 0.322 e. The molecule has 4 rings (SSSR count). The van der Waals surface area contributed by atoms with Gasteiger partial charge in [-0.1, -0.05) is 0 Å². The van der Waals surface area contributed by atoms with Gasteiger partial charge in [-0.15, -0.1) is 0 Å². The van der Waals surface area contributed by atoms with E-state index in [2.05, 4.69) is 20.5 Å². The van der Waals surface area contributed by atoms with E-state index in [9.17, 15) is 9.59 Å². The van der Waals surface area contributed by atoms with Crippen molar-refractivity contribution in [3.05, 3.63) is 59.4 Å². The van der Waals surface area contributed by atoms with Crippen LogP contribution < -0.4 is 10.6 Å². The maximum absolute atomic E-state index is 12.5. The lowest BCUT2D eigenvalue weighted by Crippen LogP contribution is -2.38. The van der Waals surface area contributed by atoms with Gasteiger partial charge in [0, 0.05) is 56.4 Å². The van der Waals surface area contributed by atoms with Crippen LogP contribution in [0, 0.1) is 0 Å². The molecule has 0 bridgehead atoms. The number of rotatable bonds is 6. The Balaban J connectivity index is 1.21. The number of urea groups is 1. The number of nitrogens with zero attached hydrogens (tertiary/aromatic N) is 3. The zero-order chi connectivity index (χ0) is 20.8. The zero-order valence-corrected chi connectivity index (χ0v) is 17.0. The second-order valence-electron chi connectivity index (χ2n) is 7.57. The Morgan fingerprint density at radius 1 is 1.03 bits per heavy atom. The minimum Gasteiger partial charge on any atom is -0.379 e. The normalized spacial score (nSPS) is 16.2. The van der Waals surface area contributed by atoms with Gasteiger partial charge in [-0.05, 0) is 54.4 Å². The van der Waals surface area contributed by atoms with E-state index in [1.54, 1.807) is 41.6 Å². The molecule has 1 aromatic carbocycles. The first-order valence-electron chi connectivity index (χ1n) is 10.3. The Bertz CT molecular complexity index is 856. The Kier molecular flexibility index (Phi) is 6.56. The summed E-state index contributed by atoms with van der Waals surface area (Å²) < 4.78 is 5.34. The highest BCUT2D eigenvalue weighted by Crippen LogP contribution is 2.22. The standard InChI is InChI=1S/C22H27N5O3/c28-21(24-7-1-9-26-10-12-30-13-11-26)17-2-4-20(5-3-17)25-22(29)27-15-18-6-8-23-14-19(18)16-27/h2-6,8,14H,1,7,9-13,15-16H2,(H,24,28)(H,25,29). The first-order valence-corrected chi connectivity index (χ1v) is 10.3. The van der Waals surface area contributed by atoms with Crippen molar-refractivity contribution in [2.45, 2.75) is 19.5 Å². The molecule has 8 nitrogen and oxygen atoms in total. The molecule has 0 radical (unpaired) electrons. The van der Waals surface area contributed by atoms with E-state index in [0.717, 1.165) is 50.4 Å². The molecule has 0 spiro atoms. The number of carbonyl (C=O) groups excluding carboxylic acids is 2. The highest BCUT2D eigenvalue weighted by molar-refractivity contribution is 5.95. The lowest BCUT2D eigenvalue weighted by molar-refractivity contribution is 0.0374. The first-order chi connectivity index (χ1) is 14.7. The van der Waals surface area contributed by atoms with Crippen LogP contribution >= 0.6 is 0 Å². The minimum atomic E-state index is -0.161. The number of carbonyl (C=O) groups is 2. The smallest absolute Gasteiger partial charge is 0.322 e. The van der Waals surface area contributed by atoms with Crippen LogP contribution in [0.1, 0.15) is 27.9 Å². The number of hydrogen-bond donors (Lipinski definition) is 2. The van der Waals surface area contributed by atoms with Gasteiger partial charge in [0.25, 0.3) is 5.91 Å². The molecule has 3 heterocycles. The molecule has 1 fully saturated rings. The molecule has 1 saturated heterocycles. The van der Waals surface area contributed by atoms with Crippen LogP contribution in [0.4, 0.5) is 10.5 Å². The Morgan fingerprint density at radius 2 is 1.80 bits per heavy atom. The first kappa shape index (κ1) is 20.3. The van der Waals surface area contributed by atoms with Crippen LogP contribution in [0.2, 0.25) is 0 Å². The van der Waals surface area contributed by atoms with Crippen molar-refractivity contribution in [1.29, 1.82) is 0 Å². The van der Waals surface area contributed by atoms with Crippen molar-refractivity contribution in [2.75, 3.05) is 44.7 Å². The molecule has 2 aliphatic rings. The SMILES string of the molecule is O=C(NCCCN1CCOCC1)c1ccc(NC(=O)N2Cc3ccncc3C2)cc1. The third kappa shape index (κ3) is 5.14. The predicted octanol–water partition coefficient (Wildman–Crippen LogP) is 2.08. The summed E-state index contributed by atoms with van der Waals surface area (Å²) in [5.41, 5.74) is 3.45. The van der Waals surface area contributed by atoms with Crippen molar-refractivity contribution < 1.29 is 14.3 Å². The van der Waals surface area contributed by atoms with Gasteiger partial charge in [-0.3, -0.25) is 14.7 Å². The second-order valence-corrected chi connectivity index (χ2v) is 7.57. The summed E-state index contributed by atoms with van der Waals surface area (Å²) in [6.07, 6.45) is 4.46. The topological polar surface area (TPSA) is 86.8 Å². The Morgan fingerprint density at radius 3 is 2.57 bits per heavy atom. The third-order valence-electron chi connectivity index (χ3n) is 5.45. The monoisotopic (exact) mass is 409 g/mol. The summed E-state index contributed by atoms with van der Waals surface area (Å²) in [7, 11) is 0. The quantitative estimate of drug-likeness (QED) is 0.714. The van der Waals surface area contributed by atoms with Crippen molar-refractivity contribution in [3.63, 3.8) is 0 Å². The number of benzene rings is 1. The molecule has 30 heavy (non-hydrogen) atoms.